The predicted octanol–water partition coefficient (Wildman–Crippen LogP) is 1.84. The molecule has 0 saturated heterocycles. The molecule has 0 spiro atoms. The molecule has 1 aromatic carbocycles. The Morgan fingerprint density at radius 3 is 2.53 bits per heavy atom. The number of ether oxygens (including phenoxy) is 2. The number of primary sulfonamides is 1. The molecule has 0 aliphatic rings. The molecule has 0 bridgehead atoms. The Bertz CT molecular complexity index is 499. The van der Waals surface area contributed by atoms with Crippen molar-refractivity contribution in [3.63, 3.8) is 0 Å². The molecule has 2 N–H and O–H groups in total. The van der Waals surface area contributed by atoms with Gasteiger partial charge in [0, 0.05) is 0 Å². The highest BCUT2D eigenvalue weighted by molar-refractivity contribution is 7.89. The van der Waals surface area contributed by atoms with Crippen molar-refractivity contribution in [2.75, 3.05) is 19.5 Å². The van der Waals surface area contributed by atoms with Crippen LogP contribution in [0, 0.1) is 6.92 Å². The van der Waals surface area contributed by atoms with Crippen LogP contribution in [0.2, 0.25) is 0 Å². The smallest absolute Gasteiger partial charge is 0.209 e. The van der Waals surface area contributed by atoms with Gasteiger partial charge in [0.05, 0.1) is 19.5 Å². The Morgan fingerprint density at radius 1 is 1.16 bits per heavy atom. The molecule has 1 rings (SSSR count). The van der Waals surface area contributed by atoms with Gasteiger partial charge in [-0.3, -0.25) is 0 Å². The monoisotopic (exact) mass is 287 g/mol. The van der Waals surface area contributed by atoms with E-state index in [9.17, 15) is 8.42 Å². The van der Waals surface area contributed by atoms with Gasteiger partial charge in [0.25, 0.3) is 0 Å². The molecule has 0 unspecified atom stereocenters. The van der Waals surface area contributed by atoms with Gasteiger partial charge in [0.2, 0.25) is 10.0 Å². The summed E-state index contributed by atoms with van der Waals surface area (Å²) in [5.74, 6) is 1.45. The van der Waals surface area contributed by atoms with E-state index < -0.39 is 10.0 Å². The number of aryl methyl sites for hydroxylation is 1. The van der Waals surface area contributed by atoms with Crippen LogP contribution < -0.4 is 14.6 Å². The van der Waals surface area contributed by atoms with E-state index in [4.69, 9.17) is 14.6 Å². The molecule has 5 nitrogen and oxygen atoms in total. The third kappa shape index (κ3) is 6.45. The molecule has 0 fully saturated rings. The molecule has 6 heteroatoms. The lowest BCUT2D eigenvalue weighted by Gasteiger charge is -2.11. The summed E-state index contributed by atoms with van der Waals surface area (Å²) in [6, 6.07) is 5.74. The summed E-state index contributed by atoms with van der Waals surface area (Å²) in [6.45, 7) is 2.52. The zero-order valence-corrected chi connectivity index (χ0v) is 12.2. The summed E-state index contributed by atoms with van der Waals surface area (Å²) in [4.78, 5) is 0. The number of benzene rings is 1. The van der Waals surface area contributed by atoms with Crippen LogP contribution in [-0.2, 0) is 10.0 Å². The minimum Gasteiger partial charge on any atom is -0.493 e. The summed E-state index contributed by atoms with van der Waals surface area (Å²) in [5, 5.41) is 4.92. The standard InChI is InChI=1S/C13H21NO4S/c1-11-6-7-12(13(10-11)17-2)18-8-4-3-5-9-19(14,15)16/h6-7,10H,3-5,8-9H2,1-2H3,(H2,14,15,16). The first-order chi connectivity index (χ1) is 8.92. The SMILES string of the molecule is COc1cc(C)ccc1OCCCCCS(N)(=O)=O. The van der Waals surface area contributed by atoms with Crippen LogP contribution in [0.3, 0.4) is 0 Å². The zero-order chi connectivity index (χ0) is 14.3. The number of rotatable bonds is 8. The number of sulfonamides is 1. The Kier molecular flexibility index (Phi) is 6.11. The molecule has 0 heterocycles. The average molecular weight is 287 g/mol. The second kappa shape index (κ2) is 7.35. The van der Waals surface area contributed by atoms with Crippen molar-refractivity contribution >= 4 is 10.0 Å². The number of nitrogens with two attached hydrogens (primary N) is 1. The zero-order valence-electron chi connectivity index (χ0n) is 11.4. The van der Waals surface area contributed by atoms with E-state index in [1.165, 1.54) is 0 Å². The molecule has 0 amide bonds. The minimum absolute atomic E-state index is 0.0286. The number of hydrogen-bond acceptors (Lipinski definition) is 4. The van der Waals surface area contributed by atoms with Gasteiger partial charge < -0.3 is 9.47 Å². The predicted molar refractivity (Wildman–Crippen MR) is 75.1 cm³/mol. The highest BCUT2D eigenvalue weighted by Gasteiger charge is 2.05. The third-order valence-electron chi connectivity index (χ3n) is 2.65. The maximum absolute atomic E-state index is 10.7. The van der Waals surface area contributed by atoms with Crippen molar-refractivity contribution in [2.24, 2.45) is 5.14 Å². The molecule has 0 radical (unpaired) electrons. The van der Waals surface area contributed by atoms with Crippen molar-refractivity contribution in [1.29, 1.82) is 0 Å². The normalized spacial score (nSPS) is 11.3. The van der Waals surface area contributed by atoms with Gasteiger partial charge in [-0.05, 0) is 43.9 Å². The minimum atomic E-state index is -3.34. The molecular formula is C13H21NO4S. The van der Waals surface area contributed by atoms with Crippen LogP contribution in [0.4, 0.5) is 0 Å². The van der Waals surface area contributed by atoms with Crippen LogP contribution in [0.5, 0.6) is 11.5 Å². The molecule has 0 atom stereocenters. The molecule has 0 saturated carbocycles. The van der Waals surface area contributed by atoms with Crippen molar-refractivity contribution in [1.82, 2.24) is 0 Å². The van der Waals surface area contributed by atoms with E-state index >= 15 is 0 Å². The van der Waals surface area contributed by atoms with Gasteiger partial charge in [0.1, 0.15) is 0 Å². The molecule has 108 valence electrons. The summed E-state index contributed by atoms with van der Waals surface area (Å²) < 4.78 is 32.3. The summed E-state index contributed by atoms with van der Waals surface area (Å²) in [6.07, 6.45) is 2.12. The van der Waals surface area contributed by atoms with Crippen molar-refractivity contribution in [3.05, 3.63) is 23.8 Å². The average Bonchev–Trinajstić information content (AvgIpc) is 2.33. The van der Waals surface area contributed by atoms with Gasteiger partial charge in [-0.1, -0.05) is 6.07 Å². The quantitative estimate of drug-likeness (QED) is 0.740. The molecule has 0 aromatic heterocycles. The van der Waals surface area contributed by atoms with E-state index in [0.717, 1.165) is 18.4 Å². The third-order valence-corrected chi connectivity index (χ3v) is 3.51. The Morgan fingerprint density at radius 2 is 1.89 bits per heavy atom. The Balaban J connectivity index is 2.30. The number of unbranched alkanes of at least 4 members (excludes halogenated alkanes) is 2. The van der Waals surface area contributed by atoms with Crippen molar-refractivity contribution in [2.45, 2.75) is 26.2 Å². The second-order valence-corrected chi connectivity index (χ2v) is 6.16. The van der Waals surface area contributed by atoms with Crippen LogP contribution in [-0.4, -0.2) is 27.9 Å². The highest BCUT2D eigenvalue weighted by atomic mass is 32.2. The lowest BCUT2D eigenvalue weighted by Crippen LogP contribution is -2.16. The van der Waals surface area contributed by atoms with E-state index in [-0.39, 0.29) is 5.75 Å². The fourth-order valence-corrected chi connectivity index (χ4v) is 2.26. The first-order valence-corrected chi connectivity index (χ1v) is 7.92. The molecule has 0 aliphatic carbocycles. The Hall–Kier alpha value is -1.27. The van der Waals surface area contributed by atoms with Gasteiger partial charge >= 0.3 is 0 Å². The second-order valence-electron chi connectivity index (χ2n) is 4.43. The first-order valence-electron chi connectivity index (χ1n) is 6.20. The van der Waals surface area contributed by atoms with Crippen molar-refractivity contribution in [3.8, 4) is 11.5 Å². The largest absolute Gasteiger partial charge is 0.493 e. The lowest BCUT2D eigenvalue weighted by molar-refractivity contribution is 0.286. The topological polar surface area (TPSA) is 78.6 Å². The molecule has 19 heavy (non-hydrogen) atoms. The molecule has 1 aromatic rings. The highest BCUT2D eigenvalue weighted by Crippen LogP contribution is 2.27. The summed E-state index contributed by atoms with van der Waals surface area (Å²) >= 11 is 0. The number of methoxy groups -OCH3 is 1. The maximum Gasteiger partial charge on any atom is 0.209 e. The van der Waals surface area contributed by atoms with Crippen LogP contribution in [0.1, 0.15) is 24.8 Å². The van der Waals surface area contributed by atoms with E-state index in [2.05, 4.69) is 0 Å². The first kappa shape index (κ1) is 15.8. The molecular weight excluding hydrogens is 266 g/mol. The summed E-state index contributed by atoms with van der Waals surface area (Å²) in [5.41, 5.74) is 1.11. The van der Waals surface area contributed by atoms with Crippen LogP contribution >= 0.6 is 0 Å². The fraction of sp³-hybridized carbons (Fsp3) is 0.538. The van der Waals surface area contributed by atoms with E-state index in [1.54, 1.807) is 7.11 Å². The number of hydrogen-bond donors (Lipinski definition) is 1. The van der Waals surface area contributed by atoms with Gasteiger partial charge in [-0.25, -0.2) is 13.6 Å². The fourth-order valence-electron chi connectivity index (χ4n) is 1.66. The van der Waals surface area contributed by atoms with Crippen molar-refractivity contribution < 1.29 is 17.9 Å². The molecule has 0 aliphatic heterocycles. The van der Waals surface area contributed by atoms with Gasteiger partial charge in [-0.15, -0.1) is 0 Å². The summed E-state index contributed by atoms with van der Waals surface area (Å²) in [7, 11) is -1.73. The van der Waals surface area contributed by atoms with Crippen LogP contribution in [0.15, 0.2) is 18.2 Å². The van der Waals surface area contributed by atoms with E-state index in [1.807, 2.05) is 25.1 Å². The Labute approximate surface area is 114 Å². The van der Waals surface area contributed by atoms with Gasteiger partial charge in [-0.2, -0.15) is 0 Å². The van der Waals surface area contributed by atoms with Crippen LogP contribution in [0.25, 0.3) is 0 Å². The van der Waals surface area contributed by atoms with Gasteiger partial charge in [0.15, 0.2) is 11.5 Å². The maximum atomic E-state index is 10.7. The van der Waals surface area contributed by atoms with E-state index in [0.29, 0.717) is 24.5 Å². The lowest BCUT2D eigenvalue weighted by atomic mass is 10.2.